The van der Waals surface area contributed by atoms with E-state index in [1.54, 1.807) is 0 Å². The number of likely N-dealkylation sites (tertiary alicyclic amines) is 1. The summed E-state index contributed by atoms with van der Waals surface area (Å²) in [4.78, 5) is 21.4. The van der Waals surface area contributed by atoms with Gasteiger partial charge in [0.1, 0.15) is 11.8 Å². The molecule has 2 unspecified atom stereocenters. The van der Waals surface area contributed by atoms with Crippen LogP contribution in [0.15, 0.2) is 12.0 Å². The molecule has 218 valence electrons. The van der Waals surface area contributed by atoms with Crippen LogP contribution in [0, 0.1) is 0 Å². The lowest BCUT2D eigenvalue weighted by Gasteiger charge is -2.24. The van der Waals surface area contributed by atoms with E-state index < -0.39 is 19.9 Å². The molecule has 0 aliphatic carbocycles. The van der Waals surface area contributed by atoms with Gasteiger partial charge in [0.2, 0.25) is 0 Å². The average molecular weight is 549 g/mol. The van der Waals surface area contributed by atoms with Crippen molar-refractivity contribution in [2.24, 2.45) is 0 Å². The third kappa shape index (κ3) is 18.1. The van der Waals surface area contributed by atoms with Gasteiger partial charge in [0.15, 0.2) is 6.26 Å². The van der Waals surface area contributed by atoms with Crippen LogP contribution in [0.3, 0.4) is 0 Å². The summed E-state index contributed by atoms with van der Waals surface area (Å²) < 4.78 is 33.9. The van der Waals surface area contributed by atoms with Gasteiger partial charge in [-0.25, -0.2) is 4.57 Å². The number of nitrogens with zero attached hydrogens (tertiary/aromatic N) is 1. The zero-order valence-electron chi connectivity index (χ0n) is 24.1. The monoisotopic (exact) mass is 548 g/mol. The fourth-order valence-corrected chi connectivity index (χ4v) is 5.27. The molecule has 0 spiro atoms. The Hall–Kier alpha value is -0.920. The van der Waals surface area contributed by atoms with E-state index >= 15 is 0 Å². The molecule has 1 fully saturated rings. The molecule has 1 saturated heterocycles. The first-order valence-electron chi connectivity index (χ1n) is 14.6. The maximum atomic E-state index is 12.3. The minimum Gasteiger partial charge on any atom is -0.458 e. The van der Waals surface area contributed by atoms with Crippen LogP contribution < -0.4 is 0 Å². The van der Waals surface area contributed by atoms with Gasteiger partial charge in [0.05, 0.1) is 33.9 Å². The molecule has 1 N–H and O–H groups in total. The molecule has 1 heterocycles. The predicted molar refractivity (Wildman–Crippen MR) is 148 cm³/mol. The smallest absolute Gasteiger partial charge is 0.458 e. The van der Waals surface area contributed by atoms with Crippen LogP contribution in [-0.4, -0.2) is 61.9 Å². The number of esters is 1. The van der Waals surface area contributed by atoms with E-state index in [1.165, 1.54) is 90.2 Å². The molecule has 0 bridgehead atoms. The van der Waals surface area contributed by atoms with Gasteiger partial charge in [0, 0.05) is 26.4 Å². The number of phosphoric acid groups is 1. The molecule has 0 saturated carbocycles. The number of hydrogen-bond acceptors (Lipinski definition) is 6. The van der Waals surface area contributed by atoms with Crippen LogP contribution in [0.25, 0.3) is 0 Å². The van der Waals surface area contributed by atoms with Crippen molar-refractivity contribution in [1.29, 1.82) is 0 Å². The molecule has 1 aliphatic rings. The van der Waals surface area contributed by atoms with Crippen molar-refractivity contribution >= 4 is 13.8 Å². The molecule has 37 heavy (non-hydrogen) atoms. The number of hydrogen-bond donors (Lipinski definition) is 1. The van der Waals surface area contributed by atoms with E-state index in [0.717, 1.165) is 37.9 Å². The maximum Gasteiger partial charge on any atom is 0.527 e. The summed E-state index contributed by atoms with van der Waals surface area (Å²) in [6, 6.07) is 0. The van der Waals surface area contributed by atoms with Crippen molar-refractivity contribution in [2.45, 2.75) is 123 Å². The molecule has 0 radical (unpaired) electrons. The van der Waals surface area contributed by atoms with Crippen molar-refractivity contribution < 1.29 is 37.3 Å². The Morgan fingerprint density at radius 3 is 1.97 bits per heavy atom. The second-order valence-corrected chi connectivity index (χ2v) is 12.3. The number of ether oxygens (including phenoxy) is 2. The second kappa shape index (κ2) is 20.0. The first-order chi connectivity index (χ1) is 17.7. The Bertz CT molecular complexity index is 683. The van der Waals surface area contributed by atoms with Gasteiger partial charge >= 0.3 is 13.8 Å². The van der Waals surface area contributed by atoms with E-state index in [9.17, 15) is 14.3 Å². The quantitative estimate of drug-likeness (QED) is 0.0472. The first kappa shape index (κ1) is 34.1. The van der Waals surface area contributed by atoms with Crippen molar-refractivity contribution in [2.75, 3.05) is 40.5 Å². The summed E-state index contributed by atoms with van der Waals surface area (Å²) in [7, 11) is -0.257. The lowest BCUT2D eigenvalue weighted by Crippen LogP contribution is -2.33. The maximum absolute atomic E-state index is 12.3. The van der Waals surface area contributed by atoms with Gasteiger partial charge in [-0.05, 0) is 6.42 Å². The first-order valence-corrected chi connectivity index (χ1v) is 16.1. The lowest BCUT2D eigenvalue weighted by atomic mass is 10.0. The number of carbonyl (C=O) groups excluding carboxylic acids is 1. The van der Waals surface area contributed by atoms with Gasteiger partial charge in [-0.15, -0.1) is 0 Å². The molecule has 9 heteroatoms. The van der Waals surface area contributed by atoms with Crippen molar-refractivity contribution in [1.82, 2.24) is 0 Å². The van der Waals surface area contributed by atoms with E-state index in [-0.39, 0.29) is 13.2 Å². The molecule has 2 atom stereocenters. The molecule has 0 aromatic carbocycles. The van der Waals surface area contributed by atoms with Crippen molar-refractivity contribution in [3.8, 4) is 0 Å². The highest BCUT2D eigenvalue weighted by atomic mass is 31.2. The molecular formula is C28H55NO7P+. The van der Waals surface area contributed by atoms with Crippen molar-refractivity contribution in [3.63, 3.8) is 0 Å². The second-order valence-electron chi connectivity index (χ2n) is 10.9. The zero-order chi connectivity index (χ0) is 27.4. The molecule has 1 rings (SSSR count). The normalized spacial score (nSPS) is 18.6. The van der Waals surface area contributed by atoms with Gasteiger partial charge in [-0.3, -0.25) is 18.7 Å². The largest absolute Gasteiger partial charge is 0.527 e. The summed E-state index contributed by atoms with van der Waals surface area (Å²) in [5.41, 5.74) is 0.936. The fourth-order valence-electron chi connectivity index (χ4n) is 4.60. The van der Waals surface area contributed by atoms with Crippen LogP contribution in [0.1, 0.15) is 117 Å². The average Bonchev–Trinajstić information content (AvgIpc) is 3.18. The molecule has 8 nitrogen and oxygen atoms in total. The summed E-state index contributed by atoms with van der Waals surface area (Å²) in [5, 5.41) is 0. The van der Waals surface area contributed by atoms with Crippen LogP contribution in [0.4, 0.5) is 0 Å². The number of phosphoric ester groups is 1. The van der Waals surface area contributed by atoms with Crippen LogP contribution in [0.2, 0.25) is 0 Å². The third-order valence-corrected chi connectivity index (χ3v) is 7.80. The van der Waals surface area contributed by atoms with E-state index in [1.807, 2.05) is 14.1 Å². The zero-order valence-corrected chi connectivity index (χ0v) is 25.0. The van der Waals surface area contributed by atoms with Gasteiger partial charge < -0.3 is 14.0 Å². The van der Waals surface area contributed by atoms with E-state index in [0.29, 0.717) is 11.1 Å². The predicted octanol–water partition coefficient (Wildman–Crippen LogP) is 7.26. The Kier molecular flexibility index (Phi) is 18.5. The highest BCUT2D eigenvalue weighted by Gasteiger charge is 2.31. The summed E-state index contributed by atoms with van der Waals surface area (Å²) in [6.45, 7) is 4.91. The highest BCUT2D eigenvalue weighted by molar-refractivity contribution is 7.47. The number of quaternary nitrogens is 1. The minimum atomic E-state index is -4.31. The number of rotatable bonds is 23. The number of allylic oxidation sites excluding steroid dienone is 1. The molecule has 0 amide bonds. The van der Waals surface area contributed by atoms with Crippen LogP contribution >= 0.6 is 7.82 Å². The summed E-state index contributed by atoms with van der Waals surface area (Å²) >= 11 is 0. The third-order valence-electron chi connectivity index (χ3n) is 6.95. The number of carbonyl (C=O) groups is 1. The van der Waals surface area contributed by atoms with Crippen molar-refractivity contribution in [3.05, 3.63) is 12.0 Å². The molecule has 1 aliphatic heterocycles. The fraction of sp³-hybridized carbons (Fsp3) is 0.893. The van der Waals surface area contributed by atoms with E-state index in [4.69, 9.17) is 18.5 Å². The van der Waals surface area contributed by atoms with Crippen LogP contribution in [0.5, 0.6) is 0 Å². The number of unbranched alkanes of at least 4 members (excludes halogenated alkanes) is 13. The Labute approximate surface area is 226 Å². The Morgan fingerprint density at radius 2 is 1.49 bits per heavy atom. The molecule has 0 aromatic rings. The van der Waals surface area contributed by atoms with E-state index in [2.05, 4.69) is 6.92 Å². The molecular weight excluding hydrogens is 493 g/mol. The topological polar surface area (TPSA) is 91.3 Å². The Morgan fingerprint density at radius 1 is 0.946 bits per heavy atom. The minimum absolute atomic E-state index is 0.114. The molecule has 0 aromatic heterocycles. The summed E-state index contributed by atoms with van der Waals surface area (Å²) in [5.74, 6) is -0.491. The Balaban J connectivity index is 2.10. The highest BCUT2D eigenvalue weighted by Crippen LogP contribution is 2.44. The summed E-state index contributed by atoms with van der Waals surface area (Å²) in [6.07, 6.45) is 20.6. The van der Waals surface area contributed by atoms with Gasteiger partial charge in [0.25, 0.3) is 0 Å². The lowest BCUT2D eigenvalue weighted by molar-refractivity contribution is -0.843. The SMILES string of the molecule is CCCCCCCCCCCCCCCCOCC(COP(=O)(O)OC=C1CCC[N+]1(C)C)OC(C)=O. The standard InChI is InChI=1S/C28H54NO7P/c1-5-6-7-8-9-10-11-12-13-14-15-16-17-18-22-33-24-28(36-26(2)30)25-35-37(31,32)34-23-27-20-19-21-29(27,3)4/h23,28H,5-22,24-25H2,1-4H3/p+1. The van der Waals surface area contributed by atoms with Gasteiger partial charge in [-0.2, -0.15) is 0 Å². The van der Waals surface area contributed by atoms with Crippen LogP contribution in [-0.2, 0) is 27.9 Å². The van der Waals surface area contributed by atoms with Gasteiger partial charge in [-0.1, -0.05) is 90.4 Å².